The minimum absolute atomic E-state index is 0.0481. The highest BCUT2D eigenvalue weighted by Gasteiger charge is 2.27. The fraction of sp³-hybridized carbons (Fsp3) is 0.611. The molecular formula is C18H25N5O3. The number of aromatic nitrogens is 4. The second-order valence-electron chi connectivity index (χ2n) is 6.91. The second kappa shape index (κ2) is 7.90. The van der Waals surface area contributed by atoms with Crippen LogP contribution in [0.1, 0.15) is 61.2 Å². The monoisotopic (exact) mass is 359 g/mol. The Morgan fingerprint density at radius 1 is 1.27 bits per heavy atom. The third-order valence-corrected chi connectivity index (χ3v) is 4.26. The minimum Gasteiger partial charge on any atom is -0.367 e. The summed E-state index contributed by atoms with van der Waals surface area (Å²) in [6.07, 6.45) is 0.489. The van der Waals surface area contributed by atoms with E-state index in [1.165, 1.54) is 0 Å². The number of carbonyl (C=O) groups excluding carboxylic acids is 1. The quantitative estimate of drug-likeness (QED) is 0.807. The lowest BCUT2D eigenvalue weighted by molar-refractivity contribution is -0.139. The van der Waals surface area contributed by atoms with Crippen molar-refractivity contribution in [1.29, 1.82) is 0 Å². The summed E-state index contributed by atoms with van der Waals surface area (Å²) >= 11 is 0. The maximum atomic E-state index is 12.6. The second-order valence-corrected chi connectivity index (χ2v) is 6.91. The molecule has 3 heterocycles. The molecule has 1 aliphatic heterocycles. The van der Waals surface area contributed by atoms with E-state index in [9.17, 15) is 4.79 Å². The molecule has 0 radical (unpaired) electrons. The summed E-state index contributed by atoms with van der Waals surface area (Å²) in [5.74, 6) is 2.07. The fourth-order valence-electron chi connectivity index (χ4n) is 2.91. The number of rotatable bonds is 5. The van der Waals surface area contributed by atoms with Crippen molar-refractivity contribution in [3.63, 3.8) is 0 Å². The SMILES string of the molecule is Cc1cc(C)nc([C@H]2CN(C(=O)CCc3nc(C(C)C)no3)CCO2)n1. The van der Waals surface area contributed by atoms with Crippen LogP contribution in [0.4, 0.5) is 0 Å². The molecule has 2 aromatic rings. The van der Waals surface area contributed by atoms with Gasteiger partial charge in [-0.2, -0.15) is 4.98 Å². The van der Waals surface area contributed by atoms with Crippen LogP contribution in [0.2, 0.25) is 0 Å². The van der Waals surface area contributed by atoms with Gasteiger partial charge in [0.1, 0.15) is 6.10 Å². The highest BCUT2D eigenvalue weighted by Crippen LogP contribution is 2.21. The normalized spacial score (nSPS) is 17.7. The Bertz CT molecular complexity index is 754. The van der Waals surface area contributed by atoms with E-state index in [1.54, 1.807) is 4.90 Å². The number of carbonyl (C=O) groups is 1. The van der Waals surface area contributed by atoms with E-state index in [2.05, 4.69) is 20.1 Å². The molecule has 1 amide bonds. The molecule has 1 saturated heterocycles. The Labute approximate surface area is 153 Å². The van der Waals surface area contributed by atoms with Gasteiger partial charge in [-0.25, -0.2) is 9.97 Å². The third-order valence-electron chi connectivity index (χ3n) is 4.26. The predicted molar refractivity (Wildman–Crippen MR) is 93.5 cm³/mol. The molecule has 140 valence electrons. The number of nitrogens with zero attached hydrogens (tertiary/aromatic N) is 5. The first kappa shape index (κ1) is 18.4. The molecule has 0 aliphatic carbocycles. The van der Waals surface area contributed by atoms with E-state index < -0.39 is 0 Å². The average Bonchev–Trinajstić information content (AvgIpc) is 3.08. The molecule has 3 rings (SSSR count). The van der Waals surface area contributed by atoms with Crippen LogP contribution in [-0.2, 0) is 16.0 Å². The van der Waals surface area contributed by atoms with Crippen LogP contribution >= 0.6 is 0 Å². The summed E-state index contributed by atoms with van der Waals surface area (Å²) < 4.78 is 11.0. The van der Waals surface area contributed by atoms with Crippen molar-refractivity contribution >= 4 is 5.91 Å². The Morgan fingerprint density at radius 2 is 2.00 bits per heavy atom. The lowest BCUT2D eigenvalue weighted by Gasteiger charge is -2.32. The van der Waals surface area contributed by atoms with E-state index in [0.29, 0.717) is 50.1 Å². The Kier molecular flexibility index (Phi) is 5.61. The van der Waals surface area contributed by atoms with Gasteiger partial charge in [0.25, 0.3) is 0 Å². The van der Waals surface area contributed by atoms with Gasteiger partial charge < -0.3 is 14.2 Å². The zero-order valence-electron chi connectivity index (χ0n) is 15.7. The van der Waals surface area contributed by atoms with Gasteiger partial charge in [-0.3, -0.25) is 4.79 Å². The highest BCUT2D eigenvalue weighted by atomic mass is 16.5. The molecule has 0 unspecified atom stereocenters. The number of aryl methyl sites for hydroxylation is 3. The first-order valence-corrected chi connectivity index (χ1v) is 8.96. The minimum atomic E-state index is -0.290. The fourth-order valence-corrected chi connectivity index (χ4v) is 2.91. The van der Waals surface area contributed by atoms with Gasteiger partial charge in [-0.15, -0.1) is 0 Å². The van der Waals surface area contributed by atoms with Crippen molar-refractivity contribution in [2.75, 3.05) is 19.7 Å². The van der Waals surface area contributed by atoms with Crippen LogP contribution in [0.5, 0.6) is 0 Å². The summed E-state index contributed by atoms with van der Waals surface area (Å²) in [4.78, 5) is 27.6. The number of hydrogen-bond acceptors (Lipinski definition) is 7. The molecule has 8 heteroatoms. The summed E-state index contributed by atoms with van der Waals surface area (Å²) in [5, 5.41) is 3.93. The maximum Gasteiger partial charge on any atom is 0.227 e. The summed E-state index contributed by atoms with van der Waals surface area (Å²) in [5.41, 5.74) is 1.80. The molecule has 0 aromatic carbocycles. The van der Waals surface area contributed by atoms with Crippen LogP contribution in [0.25, 0.3) is 0 Å². The molecular weight excluding hydrogens is 334 g/mol. The van der Waals surface area contributed by atoms with Gasteiger partial charge in [-0.1, -0.05) is 19.0 Å². The smallest absolute Gasteiger partial charge is 0.227 e. The number of hydrogen-bond donors (Lipinski definition) is 0. The van der Waals surface area contributed by atoms with Crippen molar-refractivity contribution in [2.45, 2.75) is 52.6 Å². The number of morpholine rings is 1. The molecule has 0 saturated carbocycles. The zero-order chi connectivity index (χ0) is 18.7. The maximum absolute atomic E-state index is 12.6. The summed E-state index contributed by atoms with van der Waals surface area (Å²) in [6.45, 7) is 9.37. The largest absolute Gasteiger partial charge is 0.367 e. The lowest BCUT2D eigenvalue weighted by Crippen LogP contribution is -2.42. The molecule has 2 aromatic heterocycles. The molecule has 0 spiro atoms. The van der Waals surface area contributed by atoms with Crippen LogP contribution < -0.4 is 0 Å². The third kappa shape index (κ3) is 4.43. The van der Waals surface area contributed by atoms with Crippen molar-refractivity contribution in [2.24, 2.45) is 0 Å². The van der Waals surface area contributed by atoms with E-state index in [-0.39, 0.29) is 17.9 Å². The van der Waals surface area contributed by atoms with Gasteiger partial charge >= 0.3 is 0 Å². The molecule has 26 heavy (non-hydrogen) atoms. The molecule has 1 atom stereocenters. The van der Waals surface area contributed by atoms with Gasteiger partial charge in [0.05, 0.1) is 13.2 Å². The van der Waals surface area contributed by atoms with Gasteiger partial charge in [0.15, 0.2) is 11.6 Å². The van der Waals surface area contributed by atoms with Crippen LogP contribution in [0.15, 0.2) is 10.6 Å². The zero-order valence-corrected chi connectivity index (χ0v) is 15.7. The Morgan fingerprint density at radius 3 is 2.65 bits per heavy atom. The van der Waals surface area contributed by atoms with Crippen LogP contribution in [0.3, 0.4) is 0 Å². The molecule has 0 N–H and O–H groups in total. The van der Waals surface area contributed by atoms with Gasteiger partial charge in [-0.05, 0) is 19.9 Å². The van der Waals surface area contributed by atoms with Crippen LogP contribution in [0, 0.1) is 13.8 Å². The molecule has 1 aliphatic rings. The number of amides is 1. The standard InChI is InChI=1S/C18H25N5O3/c1-11(2)17-21-15(26-22-17)5-6-16(24)23-7-8-25-14(10-23)18-19-12(3)9-13(4)20-18/h9,11,14H,5-8,10H2,1-4H3/t14-/m1/s1. The molecule has 8 nitrogen and oxygen atoms in total. The summed E-state index contributed by atoms with van der Waals surface area (Å²) in [7, 11) is 0. The predicted octanol–water partition coefficient (Wildman–Crippen LogP) is 2.13. The summed E-state index contributed by atoms with van der Waals surface area (Å²) in [6, 6.07) is 1.92. The molecule has 0 bridgehead atoms. The highest BCUT2D eigenvalue weighted by molar-refractivity contribution is 5.76. The van der Waals surface area contributed by atoms with E-state index in [4.69, 9.17) is 9.26 Å². The Hall–Kier alpha value is -2.35. The van der Waals surface area contributed by atoms with Crippen LogP contribution in [-0.4, -0.2) is 50.6 Å². The van der Waals surface area contributed by atoms with E-state index >= 15 is 0 Å². The molecule has 1 fully saturated rings. The van der Waals surface area contributed by atoms with Gasteiger partial charge in [0.2, 0.25) is 11.8 Å². The van der Waals surface area contributed by atoms with E-state index in [1.807, 2.05) is 33.8 Å². The van der Waals surface area contributed by atoms with Crippen molar-refractivity contribution in [3.05, 3.63) is 35.0 Å². The topological polar surface area (TPSA) is 94.2 Å². The first-order chi connectivity index (χ1) is 12.4. The Balaban J connectivity index is 1.58. The lowest BCUT2D eigenvalue weighted by atomic mass is 10.2. The van der Waals surface area contributed by atoms with E-state index in [0.717, 1.165) is 11.4 Å². The number of ether oxygens (including phenoxy) is 1. The first-order valence-electron chi connectivity index (χ1n) is 8.96. The van der Waals surface area contributed by atoms with Crippen molar-refractivity contribution < 1.29 is 14.1 Å². The van der Waals surface area contributed by atoms with Gasteiger partial charge in [0, 0.05) is 36.7 Å². The van der Waals surface area contributed by atoms with Crippen molar-refractivity contribution in [1.82, 2.24) is 25.0 Å². The van der Waals surface area contributed by atoms with Crippen molar-refractivity contribution in [3.8, 4) is 0 Å². The average molecular weight is 359 g/mol.